The number of nitrogens with zero attached hydrogens (tertiary/aromatic N) is 4. The van der Waals surface area contributed by atoms with Gasteiger partial charge in [-0.25, -0.2) is 4.98 Å². The number of aromatic nitrogens is 4. The lowest BCUT2D eigenvalue weighted by atomic mass is 10.1. The summed E-state index contributed by atoms with van der Waals surface area (Å²) in [6, 6.07) is 2.42. The summed E-state index contributed by atoms with van der Waals surface area (Å²) in [7, 11) is 1.96. The first-order valence-corrected chi connectivity index (χ1v) is 6.73. The van der Waals surface area contributed by atoms with E-state index in [9.17, 15) is 0 Å². The number of likely N-dealkylation sites (N-methyl/N-ethyl adjacent to an activating group) is 1. The van der Waals surface area contributed by atoms with Crippen LogP contribution in [-0.2, 0) is 0 Å². The molecule has 0 atom stereocenters. The number of rotatable bonds is 3. The van der Waals surface area contributed by atoms with Gasteiger partial charge in [0.15, 0.2) is 0 Å². The highest BCUT2D eigenvalue weighted by atomic mass is 79.9. The normalized spacial score (nSPS) is 15.6. The van der Waals surface area contributed by atoms with Gasteiger partial charge in [0.1, 0.15) is 11.5 Å². The molecule has 0 unspecified atom stereocenters. The van der Waals surface area contributed by atoms with E-state index >= 15 is 0 Å². The van der Waals surface area contributed by atoms with Gasteiger partial charge in [0.05, 0.1) is 10.2 Å². The van der Waals surface area contributed by atoms with Crippen molar-refractivity contribution in [2.45, 2.75) is 6.04 Å². The summed E-state index contributed by atoms with van der Waals surface area (Å²) in [4.78, 5) is 10.7. The Morgan fingerprint density at radius 2 is 2.26 bits per heavy atom. The summed E-state index contributed by atoms with van der Waals surface area (Å²) in [6.07, 6.45) is 1.76. The van der Waals surface area contributed by atoms with E-state index in [1.807, 2.05) is 13.1 Å². The van der Waals surface area contributed by atoms with Crippen LogP contribution >= 0.6 is 15.9 Å². The van der Waals surface area contributed by atoms with Crippen LogP contribution < -0.4 is 16.0 Å². The Morgan fingerprint density at radius 1 is 1.47 bits per heavy atom. The molecule has 8 heteroatoms. The number of anilines is 2. The molecule has 3 rings (SSSR count). The number of nitrogen functional groups attached to an aromatic ring is 1. The molecule has 2 aromatic heterocycles. The van der Waals surface area contributed by atoms with Crippen molar-refractivity contribution < 1.29 is 0 Å². The average Bonchev–Trinajstić information content (AvgIpc) is 2.73. The third kappa shape index (κ3) is 2.28. The van der Waals surface area contributed by atoms with Crippen molar-refractivity contribution in [3.05, 3.63) is 16.7 Å². The van der Waals surface area contributed by atoms with Crippen LogP contribution in [0.25, 0.3) is 11.4 Å². The molecule has 0 saturated carbocycles. The summed E-state index contributed by atoms with van der Waals surface area (Å²) in [5.74, 6) is 1.10. The van der Waals surface area contributed by atoms with E-state index < -0.39 is 0 Å². The van der Waals surface area contributed by atoms with Crippen LogP contribution in [0.4, 0.5) is 11.8 Å². The molecule has 3 heterocycles. The molecule has 0 bridgehead atoms. The van der Waals surface area contributed by atoms with Gasteiger partial charge in [0.2, 0.25) is 5.95 Å². The standard InChI is InChI=1S/C11H14BrN7/c1-14-6-4-19(5-6)9-2-8(16-11(13)17-9)10-7(12)3-15-18-10/h2-3,6,14H,4-5H2,1H3,(H,15,18)(H2,13,16,17). The Balaban J connectivity index is 1.91. The zero-order valence-electron chi connectivity index (χ0n) is 10.4. The van der Waals surface area contributed by atoms with E-state index in [0.29, 0.717) is 11.7 Å². The zero-order valence-corrected chi connectivity index (χ0v) is 12.0. The van der Waals surface area contributed by atoms with Gasteiger partial charge in [0, 0.05) is 31.4 Å². The van der Waals surface area contributed by atoms with Crippen molar-refractivity contribution in [3.63, 3.8) is 0 Å². The third-order valence-corrected chi connectivity index (χ3v) is 3.78. The Bertz CT molecular complexity index is 590. The summed E-state index contributed by atoms with van der Waals surface area (Å²) < 4.78 is 0.855. The predicted molar refractivity (Wildman–Crippen MR) is 76.8 cm³/mol. The fraction of sp³-hybridized carbons (Fsp3) is 0.364. The highest BCUT2D eigenvalue weighted by Gasteiger charge is 2.27. The first-order valence-electron chi connectivity index (χ1n) is 5.94. The van der Waals surface area contributed by atoms with Gasteiger partial charge in [-0.05, 0) is 23.0 Å². The molecule has 1 aliphatic rings. The van der Waals surface area contributed by atoms with E-state index in [0.717, 1.165) is 29.1 Å². The summed E-state index contributed by atoms with van der Waals surface area (Å²) in [6.45, 7) is 1.85. The SMILES string of the molecule is CNC1CN(c2cc(-c3n[nH]cc3Br)nc(N)n2)C1. The van der Waals surface area contributed by atoms with Gasteiger partial charge in [-0.3, -0.25) is 5.10 Å². The fourth-order valence-electron chi connectivity index (χ4n) is 2.04. The van der Waals surface area contributed by atoms with Crippen LogP contribution in [-0.4, -0.2) is 46.3 Å². The van der Waals surface area contributed by atoms with E-state index in [2.05, 4.69) is 46.3 Å². The third-order valence-electron chi connectivity index (χ3n) is 3.18. The molecule has 0 spiro atoms. The van der Waals surface area contributed by atoms with Gasteiger partial charge >= 0.3 is 0 Å². The zero-order chi connectivity index (χ0) is 13.4. The van der Waals surface area contributed by atoms with Crippen molar-refractivity contribution >= 4 is 27.7 Å². The maximum Gasteiger partial charge on any atom is 0.222 e. The van der Waals surface area contributed by atoms with Crippen LogP contribution in [0.3, 0.4) is 0 Å². The van der Waals surface area contributed by atoms with Gasteiger partial charge in [-0.2, -0.15) is 10.1 Å². The lowest BCUT2D eigenvalue weighted by Gasteiger charge is -2.39. The van der Waals surface area contributed by atoms with Gasteiger partial charge in [0.25, 0.3) is 0 Å². The quantitative estimate of drug-likeness (QED) is 0.766. The lowest BCUT2D eigenvalue weighted by molar-refractivity contribution is 0.447. The Labute approximate surface area is 118 Å². The maximum absolute atomic E-state index is 5.78. The molecular formula is C11H14BrN7. The van der Waals surface area contributed by atoms with E-state index in [1.165, 1.54) is 0 Å². The van der Waals surface area contributed by atoms with Crippen molar-refractivity contribution in [3.8, 4) is 11.4 Å². The molecule has 1 saturated heterocycles. The predicted octanol–water partition coefficient (Wildman–Crippen LogP) is 0.619. The number of hydrogen-bond acceptors (Lipinski definition) is 6. The molecule has 0 amide bonds. The van der Waals surface area contributed by atoms with Crippen molar-refractivity contribution in [2.24, 2.45) is 0 Å². The minimum absolute atomic E-state index is 0.260. The second-order valence-electron chi connectivity index (χ2n) is 4.44. The maximum atomic E-state index is 5.78. The van der Waals surface area contributed by atoms with Crippen molar-refractivity contribution in [1.82, 2.24) is 25.5 Å². The van der Waals surface area contributed by atoms with Crippen LogP contribution in [0, 0.1) is 0 Å². The molecule has 19 heavy (non-hydrogen) atoms. The Morgan fingerprint density at radius 3 is 2.89 bits per heavy atom. The highest BCUT2D eigenvalue weighted by molar-refractivity contribution is 9.10. The number of halogens is 1. The van der Waals surface area contributed by atoms with Crippen molar-refractivity contribution in [2.75, 3.05) is 30.8 Å². The second-order valence-corrected chi connectivity index (χ2v) is 5.30. The summed E-state index contributed by atoms with van der Waals surface area (Å²) in [5, 5.41) is 10.2. The first-order chi connectivity index (χ1) is 9.17. The average molecular weight is 324 g/mol. The second kappa shape index (κ2) is 4.78. The molecular weight excluding hydrogens is 310 g/mol. The molecule has 2 aromatic rings. The largest absolute Gasteiger partial charge is 0.368 e. The molecule has 0 aliphatic carbocycles. The van der Waals surface area contributed by atoms with Gasteiger partial charge < -0.3 is 16.0 Å². The molecule has 0 radical (unpaired) electrons. The number of H-pyrrole nitrogens is 1. The molecule has 7 nitrogen and oxygen atoms in total. The van der Waals surface area contributed by atoms with Gasteiger partial charge in [-0.1, -0.05) is 0 Å². The minimum atomic E-state index is 0.260. The van der Waals surface area contributed by atoms with E-state index in [1.54, 1.807) is 6.20 Å². The Kier molecular flexibility index (Phi) is 3.11. The van der Waals surface area contributed by atoms with E-state index in [4.69, 9.17) is 5.73 Å². The molecule has 100 valence electrons. The number of nitrogens with two attached hydrogens (primary N) is 1. The molecule has 0 aromatic carbocycles. The number of nitrogens with one attached hydrogen (secondary N) is 2. The Hall–Kier alpha value is -1.67. The van der Waals surface area contributed by atoms with Crippen LogP contribution in [0.1, 0.15) is 0 Å². The van der Waals surface area contributed by atoms with Crippen LogP contribution in [0.2, 0.25) is 0 Å². The highest BCUT2D eigenvalue weighted by Crippen LogP contribution is 2.28. The lowest BCUT2D eigenvalue weighted by Crippen LogP contribution is -2.57. The van der Waals surface area contributed by atoms with Crippen molar-refractivity contribution in [1.29, 1.82) is 0 Å². The van der Waals surface area contributed by atoms with E-state index in [-0.39, 0.29) is 5.95 Å². The van der Waals surface area contributed by atoms with Crippen LogP contribution in [0.15, 0.2) is 16.7 Å². The smallest absolute Gasteiger partial charge is 0.222 e. The first kappa shape index (κ1) is 12.4. The van der Waals surface area contributed by atoms with Crippen LogP contribution in [0.5, 0.6) is 0 Å². The fourth-order valence-corrected chi connectivity index (χ4v) is 2.43. The molecule has 4 N–H and O–H groups in total. The summed E-state index contributed by atoms with van der Waals surface area (Å²) in [5.41, 5.74) is 7.23. The van der Waals surface area contributed by atoms with Gasteiger partial charge in [-0.15, -0.1) is 0 Å². The molecule has 1 aliphatic heterocycles. The topological polar surface area (TPSA) is 95.8 Å². The molecule has 1 fully saturated rings. The monoisotopic (exact) mass is 323 g/mol. The number of aromatic amines is 1. The summed E-state index contributed by atoms with van der Waals surface area (Å²) >= 11 is 3.42. The minimum Gasteiger partial charge on any atom is -0.368 e. The number of hydrogen-bond donors (Lipinski definition) is 3.